The summed E-state index contributed by atoms with van der Waals surface area (Å²) in [7, 11) is 2.01. The van der Waals surface area contributed by atoms with Gasteiger partial charge in [0, 0.05) is 10.5 Å². The maximum atomic E-state index is 5.94. The van der Waals surface area contributed by atoms with Gasteiger partial charge in [0.15, 0.2) is 0 Å². The van der Waals surface area contributed by atoms with Gasteiger partial charge in [0.25, 0.3) is 0 Å². The Morgan fingerprint density at radius 3 is 2.31 bits per heavy atom. The highest BCUT2D eigenvalue weighted by molar-refractivity contribution is 9.10. The number of hydrogen-bond donors (Lipinski definition) is 1. The van der Waals surface area contributed by atoms with E-state index in [1.54, 1.807) is 0 Å². The summed E-state index contributed by atoms with van der Waals surface area (Å²) < 4.78 is 7.12. The van der Waals surface area contributed by atoms with Crippen LogP contribution in [0.15, 0.2) is 16.6 Å². The monoisotopic (exact) mass is 283 g/mol. The van der Waals surface area contributed by atoms with E-state index in [4.69, 9.17) is 4.74 Å². The van der Waals surface area contributed by atoms with Crippen molar-refractivity contribution < 1.29 is 4.74 Å². The van der Waals surface area contributed by atoms with E-state index in [9.17, 15) is 0 Å². The molecule has 0 spiro atoms. The molecule has 1 N–H and O–H groups in total. The van der Waals surface area contributed by atoms with E-state index >= 15 is 0 Å². The molecular formula is C13H18BrNO. The van der Waals surface area contributed by atoms with E-state index < -0.39 is 0 Å². The predicted molar refractivity (Wildman–Crippen MR) is 70.1 cm³/mol. The summed E-state index contributed by atoms with van der Waals surface area (Å²) in [6.45, 7) is 4.20. The summed E-state index contributed by atoms with van der Waals surface area (Å²) in [5.41, 5.74) is 2.47. The molecule has 16 heavy (non-hydrogen) atoms. The van der Waals surface area contributed by atoms with Crippen molar-refractivity contribution in [1.82, 2.24) is 5.32 Å². The van der Waals surface area contributed by atoms with Crippen molar-refractivity contribution in [2.24, 2.45) is 0 Å². The highest BCUT2D eigenvalue weighted by atomic mass is 79.9. The summed E-state index contributed by atoms with van der Waals surface area (Å²) in [5, 5.41) is 3.26. The third-order valence-electron chi connectivity index (χ3n) is 3.22. The Morgan fingerprint density at radius 2 is 1.81 bits per heavy atom. The summed E-state index contributed by atoms with van der Waals surface area (Å²) in [4.78, 5) is 0. The fourth-order valence-electron chi connectivity index (χ4n) is 2.06. The normalized spacial score (nSPS) is 24.0. The highest BCUT2D eigenvalue weighted by Crippen LogP contribution is 2.30. The van der Waals surface area contributed by atoms with Crippen LogP contribution >= 0.6 is 15.9 Å². The van der Waals surface area contributed by atoms with Gasteiger partial charge in [0.05, 0.1) is 0 Å². The number of benzene rings is 1. The molecule has 0 radical (unpaired) electrons. The molecule has 0 bridgehead atoms. The molecule has 1 aliphatic carbocycles. The van der Waals surface area contributed by atoms with Crippen molar-refractivity contribution in [3.8, 4) is 5.75 Å². The zero-order chi connectivity index (χ0) is 11.7. The average molecular weight is 284 g/mol. The zero-order valence-electron chi connectivity index (χ0n) is 10.0. The van der Waals surface area contributed by atoms with Crippen LogP contribution in [0.2, 0.25) is 0 Å². The SMILES string of the molecule is CNC1CC(Oc2cc(C)c(Br)c(C)c2)C1. The van der Waals surface area contributed by atoms with Crippen LogP contribution in [0.25, 0.3) is 0 Å². The van der Waals surface area contributed by atoms with Gasteiger partial charge in [-0.1, -0.05) is 15.9 Å². The van der Waals surface area contributed by atoms with Gasteiger partial charge in [-0.15, -0.1) is 0 Å². The lowest BCUT2D eigenvalue weighted by Crippen LogP contribution is -2.45. The molecule has 88 valence electrons. The Kier molecular flexibility index (Phi) is 3.55. The lowest BCUT2D eigenvalue weighted by atomic mass is 9.89. The number of hydrogen-bond acceptors (Lipinski definition) is 2. The molecule has 1 aromatic carbocycles. The second-order valence-corrected chi connectivity index (χ2v) is 5.36. The first kappa shape index (κ1) is 11.9. The Morgan fingerprint density at radius 1 is 1.25 bits per heavy atom. The molecular weight excluding hydrogens is 266 g/mol. The van der Waals surface area contributed by atoms with Gasteiger partial charge in [0.2, 0.25) is 0 Å². The summed E-state index contributed by atoms with van der Waals surface area (Å²) in [6.07, 6.45) is 2.62. The van der Waals surface area contributed by atoms with Gasteiger partial charge in [-0.05, 0) is 57.0 Å². The van der Waals surface area contributed by atoms with Crippen molar-refractivity contribution in [2.45, 2.75) is 38.8 Å². The van der Waals surface area contributed by atoms with E-state index in [0.717, 1.165) is 18.6 Å². The van der Waals surface area contributed by atoms with Crippen LogP contribution in [0.1, 0.15) is 24.0 Å². The molecule has 0 atom stereocenters. The summed E-state index contributed by atoms with van der Waals surface area (Å²) >= 11 is 3.57. The topological polar surface area (TPSA) is 21.3 Å². The van der Waals surface area contributed by atoms with Crippen molar-refractivity contribution in [2.75, 3.05) is 7.05 Å². The first-order valence-electron chi connectivity index (χ1n) is 5.71. The third kappa shape index (κ3) is 2.41. The van der Waals surface area contributed by atoms with Crippen LogP contribution < -0.4 is 10.1 Å². The van der Waals surface area contributed by atoms with Crippen molar-refractivity contribution in [3.63, 3.8) is 0 Å². The Bertz CT molecular complexity index is 363. The first-order valence-corrected chi connectivity index (χ1v) is 6.50. The molecule has 0 unspecified atom stereocenters. The van der Waals surface area contributed by atoms with Crippen molar-refractivity contribution >= 4 is 15.9 Å². The largest absolute Gasteiger partial charge is 0.490 e. The van der Waals surface area contributed by atoms with Crippen molar-refractivity contribution in [3.05, 3.63) is 27.7 Å². The Balaban J connectivity index is 2.01. The lowest BCUT2D eigenvalue weighted by molar-refractivity contribution is 0.0884. The molecule has 1 fully saturated rings. The van der Waals surface area contributed by atoms with E-state index in [1.165, 1.54) is 15.6 Å². The van der Waals surface area contributed by atoms with Gasteiger partial charge in [-0.2, -0.15) is 0 Å². The lowest BCUT2D eigenvalue weighted by Gasteiger charge is -2.35. The molecule has 0 amide bonds. The van der Waals surface area contributed by atoms with E-state index in [-0.39, 0.29) is 0 Å². The summed E-state index contributed by atoms with van der Waals surface area (Å²) in [6, 6.07) is 4.84. The molecule has 2 nitrogen and oxygen atoms in total. The number of halogens is 1. The van der Waals surface area contributed by atoms with Gasteiger partial charge >= 0.3 is 0 Å². The zero-order valence-corrected chi connectivity index (χ0v) is 11.6. The number of ether oxygens (including phenoxy) is 1. The minimum atomic E-state index is 0.387. The third-order valence-corrected chi connectivity index (χ3v) is 4.47. The second kappa shape index (κ2) is 4.76. The number of rotatable bonds is 3. The molecule has 1 aliphatic rings. The van der Waals surface area contributed by atoms with Crippen LogP contribution in [0.5, 0.6) is 5.75 Å². The molecule has 3 heteroatoms. The Labute approximate surface area is 106 Å². The van der Waals surface area contributed by atoms with Gasteiger partial charge in [-0.25, -0.2) is 0 Å². The quantitative estimate of drug-likeness (QED) is 0.920. The minimum Gasteiger partial charge on any atom is -0.490 e. The molecule has 2 rings (SSSR count). The smallest absolute Gasteiger partial charge is 0.120 e. The van der Waals surface area contributed by atoms with Crippen molar-refractivity contribution in [1.29, 1.82) is 0 Å². The minimum absolute atomic E-state index is 0.387. The fraction of sp³-hybridized carbons (Fsp3) is 0.538. The summed E-state index contributed by atoms with van der Waals surface area (Å²) in [5.74, 6) is 0.998. The molecule has 0 saturated heterocycles. The van der Waals surface area contributed by atoms with E-state index in [2.05, 4.69) is 47.2 Å². The molecule has 1 aromatic rings. The van der Waals surface area contributed by atoms with Crippen LogP contribution in [-0.2, 0) is 0 Å². The Hall–Kier alpha value is -0.540. The maximum Gasteiger partial charge on any atom is 0.120 e. The van der Waals surface area contributed by atoms with Crippen LogP contribution in [-0.4, -0.2) is 19.2 Å². The molecule has 0 heterocycles. The standard InChI is InChI=1S/C13H18BrNO/c1-8-4-11(5-9(2)13(8)14)16-12-6-10(7-12)15-3/h4-5,10,12,15H,6-7H2,1-3H3. The van der Waals surface area contributed by atoms with E-state index in [0.29, 0.717) is 12.1 Å². The van der Waals surface area contributed by atoms with Crippen LogP contribution in [0.3, 0.4) is 0 Å². The maximum absolute atomic E-state index is 5.94. The predicted octanol–water partition coefficient (Wildman–Crippen LogP) is 3.20. The van der Waals surface area contributed by atoms with Crippen LogP contribution in [0, 0.1) is 13.8 Å². The fourth-order valence-corrected chi connectivity index (χ4v) is 2.29. The number of nitrogens with one attached hydrogen (secondary N) is 1. The first-order chi connectivity index (χ1) is 7.60. The van der Waals surface area contributed by atoms with Gasteiger partial charge in [-0.3, -0.25) is 0 Å². The van der Waals surface area contributed by atoms with Crippen LogP contribution in [0.4, 0.5) is 0 Å². The number of aryl methyl sites for hydroxylation is 2. The average Bonchev–Trinajstić information content (AvgIpc) is 2.19. The van der Waals surface area contributed by atoms with E-state index in [1.807, 2.05) is 7.05 Å². The van der Waals surface area contributed by atoms with Gasteiger partial charge < -0.3 is 10.1 Å². The van der Waals surface area contributed by atoms with Gasteiger partial charge in [0.1, 0.15) is 11.9 Å². The highest BCUT2D eigenvalue weighted by Gasteiger charge is 2.29. The second-order valence-electron chi connectivity index (χ2n) is 4.57. The molecule has 0 aliphatic heterocycles. The molecule has 1 saturated carbocycles. The molecule has 0 aromatic heterocycles.